The van der Waals surface area contributed by atoms with Gasteiger partial charge >= 0.3 is 0 Å². The highest BCUT2D eigenvalue weighted by molar-refractivity contribution is 9.10. The molecule has 0 atom stereocenters. The number of aromatic amines is 1. The lowest BCUT2D eigenvalue weighted by atomic mass is 10.1. The molecule has 2 heterocycles. The first-order valence-electron chi connectivity index (χ1n) is 8.47. The predicted molar refractivity (Wildman–Crippen MR) is 106 cm³/mol. The molecule has 1 aliphatic heterocycles. The lowest BCUT2D eigenvalue weighted by molar-refractivity contribution is 0.102. The minimum Gasteiger partial charge on any atom is -0.370 e. The van der Waals surface area contributed by atoms with Crippen molar-refractivity contribution in [3.63, 3.8) is 0 Å². The first-order chi connectivity index (χ1) is 12.6. The van der Waals surface area contributed by atoms with E-state index in [9.17, 15) is 9.59 Å². The van der Waals surface area contributed by atoms with Gasteiger partial charge in [-0.25, -0.2) is 5.10 Å². The second-order valence-corrected chi connectivity index (χ2v) is 7.17. The summed E-state index contributed by atoms with van der Waals surface area (Å²) in [5, 5.41) is 10.3. The normalized spacial score (nSPS) is 14.0. The minimum absolute atomic E-state index is 0.201. The van der Waals surface area contributed by atoms with Crippen LogP contribution in [0, 0.1) is 0 Å². The largest absolute Gasteiger partial charge is 0.370 e. The molecule has 0 unspecified atom stereocenters. The highest BCUT2D eigenvalue weighted by Crippen LogP contribution is 2.32. The molecule has 1 amide bonds. The molecule has 1 saturated heterocycles. The van der Waals surface area contributed by atoms with Crippen molar-refractivity contribution in [2.24, 2.45) is 0 Å². The van der Waals surface area contributed by atoms with Crippen LogP contribution in [0.1, 0.15) is 23.3 Å². The highest BCUT2D eigenvalue weighted by atomic mass is 79.9. The topological polar surface area (TPSA) is 78.1 Å². The molecule has 26 heavy (non-hydrogen) atoms. The van der Waals surface area contributed by atoms with E-state index in [1.54, 1.807) is 24.3 Å². The zero-order chi connectivity index (χ0) is 18.1. The fraction of sp³-hybridized carbons (Fsp3) is 0.211. The Labute approximate surface area is 158 Å². The van der Waals surface area contributed by atoms with Gasteiger partial charge in [0.25, 0.3) is 11.5 Å². The van der Waals surface area contributed by atoms with E-state index >= 15 is 0 Å². The van der Waals surface area contributed by atoms with E-state index in [-0.39, 0.29) is 17.2 Å². The quantitative estimate of drug-likeness (QED) is 0.689. The Balaban J connectivity index is 1.72. The highest BCUT2D eigenvalue weighted by Gasteiger charge is 2.19. The smallest absolute Gasteiger partial charge is 0.276 e. The summed E-state index contributed by atoms with van der Waals surface area (Å²) in [4.78, 5) is 27.1. The van der Waals surface area contributed by atoms with E-state index in [0.29, 0.717) is 10.8 Å². The first kappa shape index (κ1) is 16.8. The number of benzene rings is 2. The SMILES string of the molecule is O=C(Nc1cc(Br)ccc1N1CCCC1)c1n[nH]c(=O)c2ccccc12. The molecule has 6 nitrogen and oxygen atoms in total. The lowest BCUT2D eigenvalue weighted by Crippen LogP contribution is -2.23. The van der Waals surface area contributed by atoms with Crippen molar-refractivity contribution < 1.29 is 4.79 Å². The molecule has 1 aliphatic rings. The van der Waals surface area contributed by atoms with Crippen molar-refractivity contribution >= 4 is 44.0 Å². The van der Waals surface area contributed by atoms with E-state index in [4.69, 9.17) is 0 Å². The summed E-state index contributed by atoms with van der Waals surface area (Å²) >= 11 is 3.47. The lowest BCUT2D eigenvalue weighted by Gasteiger charge is -2.22. The third kappa shape index (κ3) is 3.10. The van der Waals surface area contributed by atoms with Crippen LogP contribution in [-0.4, -0.2) is 29.2 Å². The van der Waals surface area contributed by atoms with Crippen molar-refractivity contribution in [1.82, 2.24) is 10.2 Å². The summed E-state index contributed by atoms with van der Waals surface area (Å²) in [6.45, 7) is 1.95. The van der Waals surface area contributed by atoms with Crippen molar-refractivity contribution in [3.8, 4) is 0 Å². The molecule has 2 N–H and O–H groups in total. The molecule has 0 bridgehead atoms. The van der Waals surface area contributed by atoms with Crippen LogP contribution in [0.15, 0.2) is 51.7 Å². The molecule has 3 aromatic rings. The number of aromatic nitrogens is 2. The van der Waals surface area contributed by atoms with Gasteiger partial charge in [0.1, 0.15) is 0 Å². The molecule has 132 valence electrons. The van der Waals surface area contributed by atoms with Gasteiger partial charge in [0.15, 0.2) is 5.69 Å². The molecule has 0 spiro atoms. The number of carbonyl (C=O) groups excluding carboxylic acids is 1. The summed E-state index contributed by atoms with van der Waals surface area (Å²) in [7, 11) is 0. The number of carbonyl (C=O) groups is 1. The summed E-state index contributed by atoms with van der Waals surface area (Å²) < 4.78 is 0.884. The molecule has 2 aromatic carbocycles. The van der Waals surface area contributed by atoms with E-state index in [0.717, 1.165) is 41.8 Å². The number of rotatable bonds is 3. The maximum Gasteiger partial charge on any atom is 0.276 e. The molecule has 1 fully saturated rings. The Morgan fingerprint density at radius 2 is 1.85 bits per heavy atom. The molecular weight excluding hydrogens is 396 g/mol. The average Bonchev–Trinajstić information content (AvgIpc) is 3.17. The van der Waals surface area contributed by atoms with Gasteiger partial charge in [-0.3, -0.25) is 9.59 Å². The third-order valence-corrected chi connectivity index (χ3v) is 5.06. The van der Waals surface area contributed by atoms with Gasteiger partial charge < -0.3 is 10.2 Å². The summed E-state index contributed by atoms with van der Waals surface area (Å²) in [5.74, 6) is -0.351. The van der Waals surface area contributed by atoms with E-state index in [2.05, 4.69) is 36.3 Å². The van der Waals surface area contributed by atoms with Gasteiger partial charge in [-0.15, -0.1) is 0 Å². The van der Waals surface area contributed by atoms with Gasteiger partial charge in [-0.2, -0.15) is 5.10 Å². The van der Waals surface area contributed by atoms with Gasteiger partial charge in [0, 0.05) is 22.9 Å². The van der Waals surface area contributed by atoms with Crippen LogP contribution in [0.2, 0.25) is 0 Å². The number of nitrogens with zero attached hydrogens (tertiary/aromatic N) is 2. The fourth-order valence-corrected chi connectivity index (χ4v) is 3.67. The number of hydrogen-bond acceptors (Lipinski definition) is 4. The summed E-state index contributed by atoms with van der Waals surface area (Å²) in [5.41, 5.74) is 1.61. The van der Waals surface area contributed by atoms with Crippen molar-refractivity contribution in [3.05, 3.63) is 63.0 Å². The molecule has 0 aliphatic carbocycles. The number of amides is 1. The minimum atomic E-state index is -0.351. The van der Waals surface area contributed by atoms with Crippen molar-refractivity contribution in [2.45, 2.75) is 12.8 Å². The zero-order valence-electron chi connectivity index (χ0n) is 14.0. The molecular formula is C19H17BrN4O2. The van der Waals surface area contributed by atoms with Crippen molar-refractivity contribution in [1.29, 1.82) is 0 Å². The van der Waals surface area contributed by atoms with Crippen LogP contribution in [0.25, 0.3) is 10.8 Å². The van der Waals surface area contributed by atoms with Gasteiger partial charge in [0.2, 0.25) is 0 Å². The monoisotopic (exact) mass is 412 g/mol. The Morgan fingerprint density at radius 3 is 2.62 bits per heavy atom. The van der Waals surface area contributed by atoms with Crippen molar-refractivity contribution in [2.75, 3.05) is 23.3 Å². The van der Waals surface area contributed by atoms with E-state index < -0.39 is 0 Å². The van der Waals surface area contributed by atoms with Crippen LogP contribution in [-0.2, 0) is 0 Å². The van der Waals surface area contributed by atoms with Gasteiger partial charge in [-0.1, -0.05) is 34.1 Å². The summed E-state index contributed by atoms with van der Waals surface area (Å²) in [6.07, 6.45) is 2.30. The second kappa shape index (κ2) is 6.92. The van der Waals surface area contributed by atoms with E-state index in [1.165, 1.54) is 0 Å². The number of H-pyrrole nitrogens is 1. The Bertz CT molecular complexity index is 1040. The Hall–Kier alpha value is -2.67. The Kier molecular flexibility index (Phi) is 4.46. The van der Waals surface area contributed by atoms with Crippen LogP contribution in [0.4, 0.5) is 11.4 Å². The maximum absolute atomic E-state index is 12.9. The molecule has 7 heteroatoms. The molecule has 4 rings (SSSR count). The second-order valence-electron chi connectivity index (χ2n) is 6.26. The van der Waals surface area contributed by atoms with Crippen LogP contribution in [0.5, 0.6) is 0 Å². The average molecular weight is 413 g/mol. The Morgan fingerprint density at radius 1 is 1.12 bits per heavy atom. The van der Waals surface area contributed by atoms with Crippen LogP contribution in [0.3, 0.4) is 0 Å². The van der Waals surface area contributed by atoms with Gasteiger partial charge in [-0.05, 0) is 37.1 Å². The van der Waals surface area contributed by atoms with E-state index in [1.807, 2.05) is 18.2 Å². The third-order valence-electron chi connectivity index (χ3n) is 4.56. The number of halogens is 1. The number of anilines is 2. The first-order valence-corrected chi connectivity index (χ1v) is 9.26. The number of nitrogens with one attached hydrogen (secondary N) is 2. The molecule has 0 radical (unpaired) electrons. The number of hydrogen-bond donors (Lipinski definition) is 2. The standard InChI is InChI=1S/C19H17BrN4O2/c20-12-7-8-16(24-9-3-4-10-24)15(11-12)21-19(26)17-13-5-1-2-6-14(13)18(25)23-22-17/h1-2,5-8,11H,3-4,9-10H2,(H,21,26)(H,23,25). The molecule has 0 saturated carbocycles. The maximum atomic E-state index is 12.9. The summed E-state index contributed by atoms with van der Waals surface area (Å²) in [6, 6.07) is 12.8. The van der Waals surface area contributed by atoms with Crippen LogP contribution < -0.4 is 15.8 Å². The fourth-order valence-electron chi connectivity index (χ4n) is 3.31. The zero-order valence-corrected chi connectivity index (χ0v) is 15.5. The number of fused-ring (bicyclic) bond motifs is 1. The predicted octanol–water partition coefficient (Wildman–Crippen LogP) is 3.54. The van der Waals surface area contributed by atoms with Gasteiger partial charge in [0.05, 0.1) is 16.8 Å². The van der Waals surface area contributed by atoms with Crippen LogP contribution >= 0.6 is 15.9 Å². The molecule has 1 aromatic heterocycles.